The summed E-state index contributed by atoms with van der Waals surface area (Å²) in [6.07, 6.45) is 4.16. The highest BCUT2D eigenvalue weighted by Gasteiger charge is 2.11. The average molecular weight is 207 g/mol. The van der Waals surface area contributed by atoms with E-state index in [1.54, 1.807) is 0 Å². The Labute approximate surface area is 95.2 Å². The second-order valence-corrected chi connectivity index (χ2v) is 4.30. The van der Waals surface area contributed by atoms with Gasteiger partial charge in [-0.05, 0) is 38.3 Å². The molecule has 0 aromatic heterocycles. The number of hydrogen-bond acceptors (Lipinski definition) is 1. The standard InChI is InChI=1S/C14H25N/c1-8-10-14(15(7)12(5)6)13(9-2)11(3)4/h9,12H,2-3,8,10H2,1,4-7H3/b14-13+. The van der Waals surface area contributed by atoms with E-state index in [1.807, 2.05) is 13.0 Å². The molecule has 0 bridgehead atoms. The molecule has 0 aromatic rings. The Hall–Kier alpha value is -0.980. The third kappa shape index (κ3) is 3.94. The molecule has 1 nitrogen and oxygen atoms in total. The molecule has 86 valence electrons. The molecular weight excluding hydrogens is 182 g/mol. The van der Waals surface area contributed by atoms with Crippen LogP contribution in [0.15, 0.2) is 36.1 Å². The van der Waals surface area contributed by atoms with E-state index >= 15 is 0 Å². The van der Waals surface area contributed by atoms with Gasteiger partial charge < -0.3 is 4.90 Å². The summed E-state index contributed by atoms with van der Waals surface area (Å²) in [6.45, 7) is 16.5. The number of hydrogen-bond donors (Lipinski definition) is 0. The van der Waals surface area contributed by atoms with Crippen LogP contribution >= 0.6 is 0 Å². The van der Waals surface area contributed by atoms with Crippen LogP contribution in [-0.2, 0) is 0 Å². The quantitative estimate of drug-likeness (QED) is 0.592. The third-order valence-electron chi connectivity index (χ3n) is 2.66. The zero-order valence-electron chi connectivity index (χ0n) is 10.9. The summed E-state index contributed by atoms with van der Waals surface area (Å²) < 4.78 is 0. The fourth-order valence-corrected chi connectivity index (χ4v) is 1.59. The van der Waals surface area contributed by atoms with Crippen molar-refractivity contribution < 1.29 is 0 Å². The van der Waals surface area contributed by atoms with E-state index in [0.717, 1.165) is 18.4 Å². The molecule has 0 aliphatic carbocycles. The molecule has 0 atom stereocenters. The second-order valence-electron chi connectivity index (χ2n) is 4.30. The Morgan fingerprint density at radius 1 is 1.40 bits per heavy atom. The first-order valence-electron chi connectivity index (χ1n) is 5.69. The van der Waals surface area contributed by atoms with Gasteiger partial charge in [0.15, 0.2) is 0 Å². The molecule has 0 aromatic carbocycles. The summed E-state index contributed by atoms with van der Waals surface area (Å²) in [4.78, 5) is 2.31. The fourth-order valence-electron chi connectivity index (χ4n) is 1.59. The first kappa shape index (κ1) is 14.0. The summed E-state index contributed by atoms with van der Waals surface area (Å²) in [5, 5.41) is 0. The lowest BCUT2D eigenvalue weighted by Gasteiger charge is -2.29. The maximum Gasteiger partial charge on any atom is 0.0227 e. The van der Waals surface area contributed by atoms with E-state index in [1.165, 1.54) is 11.3 Å². The van der Waals surface area contributed by atoms with E-state index in [0.29, 0.717) is 6.04 Å². The topological polar surface area (TPSA) is 3.24 Å². The molecule has 0 radical (unpaired) electrons. The lowest BCUT2D eigenvalue weighted by Crippen LogP contribution is -2.26. The third-order valence-corrected chi connectivity index (χ3v) is 2.66. The van der Waals surface area contributed by atoms with Crippen molar-refractivity contribution in [3.63, 3.8) is 0 Å². The Morgan fingerprint density at radius 3 is 2.20 bits per heavy atom. The summed E-state index contributed by atoms with van der Waals surface area (Å²) in [5.74, 6) is 0. The summed E-state index contributed by atoms with van der Waals surface area (Å²) >= 11 is 0. The van der Waals surface area contributed by atoms with Crippen LogP contribution in [0.1, 0.15) is 40.5 Å². The SMILES string of the molecule is C=C/C(C(=C)C)=C(/CCC)N(C)C(C)C. The summed E-state index contributed by atoms with van der Waals surface area (Å²) in [7, 11) is 2.14. The first-order valence-corrected chi connectivity index (χ1v) is 5.69. The van der Waals surface area contributed by atoms with Crippen LogP contribution in [0.5, 0.6) is 0 Å². The van der Waals surface area contributed by atoms with Crippen molar-refractivity contribution in [2.75, 3.05) is 7.05 Å². The van der Waals surface area contributed by atoms with Gasteiger partial charge in [0.1, 0.15) is 0 Å². The van der Waals surface area contributed by atoms with Crippen molar-refractivity contribution in [2.24, 2.45) is 0 Å². The van der Waals surface area contributed by atoms with E-state index in [9.17, 15) is 0 Å². The maximum absolute atomic E-state index is 4.02. The summed E-state index contributed by atoms with van der Waals surface area (Å²) in [6, 6.07) is 0.515. The van der Waals surface area contributed by atoms with E-state index in [2.05, 4.69) is 45.9 Å². The lowest BCUT2D eigenvalue weighted by molar-refractivity contribution is 0.329. The molecule has 0 saturated carbocycles. The normalized spacial score (nSPS) is 12.4. The van der Waals surface area contributed by atoms with Gasteiger partial charge in [0.25, 0.3) is 0 Å². The molecule has 0 N–H and O–H groups in total. The highest BCUT2D eigenvalue weighted by molar-refractivity contribution is 5.39. The molecule has 0 fully saturated rings. The average Bonchev–Trinajstić information content (AvgIpc) is 2.15. The largest absolute Gasteiger partial charge is 0.375 e. The van der Waals surface area contributed by atoms with Gasteiger partial charge >= 0.3 is 0 Å². The zero-order valence-corrected chi connectivity index (χ0v) is 10.9. The van der Waals surface area contributed by atoms with Crippen LogP contribution in [0.4, 0.5) is 0 Å². The van der Waals surface area contributed by atoms with E-state index < -0.39 is 0 Å². The van der Waals surface area contributed by atoms with Gasteiger partial charge in [-0.3, -0.25) is 0 Å². The predicted octanol–water partition coefficient (Wildman–Crippen LogP) is 4.14. The van der Waals surface area contributed by atoms with Crippen LogP contribution < -0.4 is 0 Å². The molecule has 0 aliphatic heterocycles. The van der Waals surface area contributed by atoms with Crippen LogP contribution in [0.3, 0.4) is 0 Å². The van der Waals surface area contributed by atoms with Gasteiger partial charge in [-0.25, -0.2) is 0 Å². The molecule has 0 rings (SSSR count). The second kappa shape index (κ2) is 6.49. The molecule has 0 heterocycles. The number of nitrogens with zero attached hydrogens (tertiary/aromatic N) is 1. The van der Waals surface area contributed by atoms with Crippen molar-refractivity contribution in [3.05, 3.63) is 36.1 Å². The van der Waals surface area contributed by atoms with Gasteiger partial charge in [0.05, 0.1) is 0 Å². The van der Waals surface area contributed by atoms with Crippen LogP contribution in [-0.4, -0.2) is 18.0 Å². The van der Waals surface area contributed by atoms with Crippen LogP contribution in [0, 0.1) is 0 Å². The minimum absolute atomic E-state index is 0.515. The van der Waals surface area contributed by atoms with Gasteiger partial charge in [0.2, 0.25) is 0 Å². The van der Waals surface area contributed by atoms with Crippen molar-refractivity contribution in [2.45, 2.75) is 46.6 Å². The Kier molecular flexibility index (Phi) is 6.07. The van der Waals surface area contributed by atoms with Crippen molar-refractivity contribution >= 4 is 0 Å². The van der Waals surface area contributed by atoms with Crippen molar-refractivity contribution in [3.8, 4) is 0 Å². The van der Waals surface area contributed by atoms with Gasteiger partial charge in [-0.2, -0.15) is 0 Å². The minimum atomic E-state index is 0.515. The zero-order chi connectivity index (χ0) is 12.0. The smallest absolute Gasteiger partial charge is 0.0227 e. The molecule has 15 heavy (non-hydrogen) atoms. The monoisotopic (exact) mass is 207 g/mol. The van der Waals surface area contributed by atoms with Gasteiger partial charge in [-0.15, -0.1) is 0 Å². The molecule has 0 aliphatic rings. The summed E-state index contributed by atoms with van der Waals surface area (Å²) in [5.41, 5.74) is 3.66. The molecule has 0 spiro atoms. The van der Waals surface area contributed by atoms with Gasteiger partial charge in [0, 0.05) is 18.8 Å². The lowest BCUT2D eigenvalue weighted by atomic mass is 10.0. The Balaban J connectivity index is 5.22. The maximum atomic E-state index is 4.02. The highest BCUT2D eigenvalue weighted by atomic mass is 15.1. The Bertz CT molecular complexity index is 259. The van der Waals surface area contributed by atoms with Crippen molar-refractivity contribution in [1.82, 2.24) is 4.90 Å². The fraction of sp³-hybridized carbons (Fsp3) is 0.571. The molecular formula is C14H25N. The first-order chi connectivity index (χ1) is 6.95. The van der Waals surface area contributed by atoms with E-state index in [-0.39, 0.29) is 0 Å². The number of allylic oxidation sites excluding steroid dienone is 4. The molecule has 0 amide bonds. The van der Waals surface area contributed by atoms with Gasteiger partial charge in [-0.1, -0.05) is 32.6 Å². The minimum Gasteiger partial charge on any atom is -0.375 e. The predicted molar refractivity (Wildman–Crippen MR) is 69.8 cm³/mol. The van der Waals surface area contributed by atoms with Crippen molar-refractivity contribution in [1.29, 1.82) is 0 Å². The van der Waals surface area contributed by atoms with Crippen LogP contribution in [0.2, 0.25) is 0 Å². The molecule has 0 saturated heterocycles. The molecule has 0 unspecified atom stereocenters. The highest BCUT2D eigenvalue weighted by Crippen LogP contribution is 2.22. The Morgan fingerprint density at radius 2 is 1.93 bits per heavy atom. The van der Waals surface area contributed by atoms with Crippen LogP contribution in [0.25, 0.3) is 0 Å². The molecule has 1 heteroatoms. The van der Waals surface area contributed by atoms with E-state index in [4.69, 9.17) is 0 Å². The number of rotatable bonds is 6.